The normalized spacial score (nSPS) is 10.6. The summed E-state index contributed by atoms with van der Waals surface area (Å²) in [6.07, 6.45) is 4.86. The van der Waals surface area contributed by atoms with Crippen molar-refractivity contribution in [2.24, 2.45) is 0 Å². The Morgan fingerprint density at radius 2 is 2.07 bits per heavy atom. The molecule has 0 fully saturated rings. The quantitative estimate of drug-likeness (QED) is 0.568. The molecule has 4 aromatic rings. The van der Waals surface area contributed by atoms with E-state index in [0.717, 1.165) is 11.5 Å². The van der Waals surface area contributed by atoms with E-state index in [-0.39, 0.29) is 5.91 Å². The Bertz CT molecular complexity index is 1060. The minimum Gasteiger partial charge on any atom is -0.439 e. The number of nitrogens with zero attached hydrogens (tertiary/aromatic N) is 6. The number of carbonyl (C=O) groups is 1. The van der Waals surface area contributed by atoms with Crippen LogP contribution in [0.4, 0.5) is 5.69 Å². The van der Waals surface area contributed by atoms with Crippen molar-refractivity contribution in [3.63, 3.8) is 0 Å². The van der Waals surface area contributed by atoms with Crippen molar-refractivity contribution in [1.82, 2.24) is 29.3 Å². The summed E-state index contributed by atoms with van der Waals surface area (Å²) in [7, 11) is 0. The summed E-state index contributed by atoms with van der Waals surface area (Å²) in [5.41, 5.74) is 1.24. The van der Waals surface area contributed by atoms with Crippen molar-refractivity contribution in [2.45, 2.75) is 6.92 Å². The molecule has 1 amide bonds. The maximum atomic E-state index is 12.2. The van der Waals surface area contributed by atoms with Crippen LogP contribution in [0.25, 0.3) is 5.82 Å². The largest absolute Gasteiger partial charge is 0.439 e. The maximum absolute atomic E-state index is 12.2. The highest BCUT2D eigenvalue weighted by Gasteiger charge is 2.13. The summed E-state index contributed by atoms with van der Waals surface area (Å²) >= 11 is 1.06. The molecule has 0 aliphatic heterocycles. The molecule has 0 radical (unpaired) electrons. The van der Waals surface area contributed by atoms with Crippen LogP contribution in [0.15, 0.2) is 55.1 Å². The molecule has 3 heterocycles. The molecular formula is C17H13N7O2S. The molecule has 0 bridgehead atoms. The lowest BCUT2D eigenvalue weighted by Crippen LogP contribution is -2.11. The molecule has 0 aliphatic carbocycles. The predicted octanol–water partition coefficient (Wildman–Crippen LogP) is 2.87. The van der Waals surface area contributed by atoms with E-state index in [1.807, 2.05) is 0 Å². The number of carbonyl (C=O) groups excluding carboxylic acids is 1. The maximum Gasteiger partial charge on any atom is 0.269 e. The van der Waals surface area contributed by atoms with E-state index in [1.165, 1.54) is 6.33 Å². The van der Waals surface area contributed by atoms with Crippen LogP contribution >= 0.6 is 11.5 Å². The first-order valence-corrected chi connectivity index (χ1v) is 8.67. The smallest absolute Gasteiger partial charge is 0.269 e. The van der Waals surface area contributed by atoms with E-state index in [0.29, 0.717) is 33.7 Å². The number of aryl methyl sites for hydroxylation is 1. The first-order chi connectivity index (χ1) is 13.2. The number of nitrogens with one attached hydrogen (secondary N) is 1. The number of rotatable bonds is 5. The SMILES string of the molecule is Cc1nnsc1C(=O)Nc1ccc(Oc2cc(-n3cccn3)ncn2)cc1. The highest BCUT2D eigenvalue weighted by molar-refractivity contribution is 7.08. The number of ether oxygens (including phenoxy) is 1. The van der Waals surface area contributed by atoms with Gasteiger partial charge >= 0.3 is 0 Å². The predicted molar refractivity (Wildman–Crippen MR) is 98.3 cm³/mol. The molecule has 0 saturated carbocycles. The second kappa shape index (κ2) is 7.30. The van der Waals surface area contributed by atoms with Gasteiger partial charge in [0.15, 0.2) is 5.82 Å². The van der Waals surface area contributed by atoms with Gasteiger partial charge in [0.2, 0.25) is 5.88 Å². The molecule has 4 rings (SSSR count). The van der Waals surface area contributed by atoms with Gasteiger partial charge in [-0.25, -0.2) is 14.6 Å². The molecule has 0 unspecified atom stereocenters. The van der Waals surface area contributed by atoms with E-state index in [4.69, 9.17) is 4.74 Å². The molecule has 27 heavy (non-hydrogen) atoms. The number of benzene rings is 1. The van der Waals surface area contributed by atoms with E-state index in [2.05, 4.69) is 30.0 Å². The van der Waals surface area contributed by atoms with Crippen LogP contribution in [0, 0.1) is 6.92 Å². The van der Waals surface area contributed by atoms with Crippen LogP contribution in [0.5, 0.6) is 11.6 Å². The zero-order valence-electron chi connectivity index (χ0n) is 14.1. The molecule has 0 saturated heterocycles. The molecule has 134 valence electrons. The average molecular weight is 379 g/mol. The first kappa shape index (κ1) is 16.8. The minimum absolute atomic E-state index is 0.240. The van der Waals surface area contributed by atoms with Crippen molar-refractivity contribution in [2.75, 3.05) is 5.32 Å². The van der Waals surface area contributed by atoms with Gasteiger partial charge in [0.25, 0.3) is 5.91 Å². The third-order valence-electron chi connectivity index (χ3n) is 3.56. The van der Waals surface area contributed by atoms with Crippen molar-refractivity contribution < 1.29 is 9.53 Å². The van der Waals surface area contributed by atoms with Crippen molar-refractivity contribution >= 4 is 23.1 Å². The Morgan fingerprint density at radius 3 is 2.78 bits per heavy atom. The number of hydrogen-bond donors (Lipinski definition) is 1. The van der Waals surface area contributed by atoms with Gasteiger partial charge < -0.3 is 10.1 Å². The van der Waals surface area contributed by atoms with Crippen molar-refractivity contribution in [3.8, 4) is 17.4 Å². The van der Waals surface area contributed by atoms with Crippen LogP contribution in [-0.2, 0) is 0 Å². The Labute approximate surface area is 157 Å². The van der Waals surface area contributed by atoms with Crippen molar-refractivity contribution in [1.29, 1.82) is 0 Å². The second-order valence-corrected chi connectivity index (χ2v) is 6.19. The third-order valence-corrected chi connectivity index (χ3v) is 4.39. The highest BCUT2D eigenvalue weighted by atomic mass is 32.1. The zero-order valence-corrected chi connectivity index (χ0v) is 14.9. The molecule has 9 nitrogen and oxygen atoms in total. The van der Waals surface area contributed by atoms with Crippen LogP contribution in [0.2, 0.25) is 0 Å². The van der Waals surface area contributed by atoms with Crippen LogP contribution in [0.3, 0.4) is 0 Å². The first-order valence-electron chi connectivity index (χ1n) is 7.89. The lowest BCUT2D eigenvalue weighted by Gasteiger charge is -2.08. The van der Waals surface area contributed by atoms with Gasteiger partial charge in [-0.1, -0.05) is 4.49 Å². The molecule has 0 atom stereocenters. The molecule has 10 heteroatoms. The summed E-state index contributed by atoms with van der Waals surface area (Å²) in [6.45, 7) is 1.74. The van der Waals surface area contributed by atoms with Crippen molar-refractivity contribution in [3.05, 3.63) is 65.7 Å². The summed E-state index contributed by atoms with van der Waals surface area (Å²) in [4.78, 5) is 20.9. The molecule has 0 spiro atoms. The lowest BCUT2D eigenvalue weighted by molar-refractivity contribution is 0.103. The average Bonchev–Trinajstić information content (AvgIpc) is 3.35. The summed E-state index contributed by atoms with van der Waals surface area (Å²) in [6, 6.07) is 10.5. The fourth-order valence-corrected chi connectivity index (χ4v) is 2.82. The van der Waals surface area contributed by atoms with Crippen LogP contribution < -0.4 is 10.1 Å². The Hall–Kier alpha value is -3.66. The topological polar surface area (TPSA) is 108 Å². The zero-order chi connectivity index (χ0) is 18.6. The second-order valence-electron chi connectivity index (χ2n) is 5.43. The Balaban J connectivity index is 1.45. The van der Waals surface area contributed by atoms with Gasteiger partial charge in [0.1, 0.15) is 17.0 Å². The molecule has 0 aliphatic rings. The number of amides is 1. The summed E-state index contributed by atoms with van der Waals surface area (Å²) in [5, 5.41) is 10.8. The van der Waals surface area contributed by atoms with Gasteiger partial charge in [-0.05, 0) is 48.8 Å². The van der Waals surface area contributed by atoms with E-state index < -0.39 is 0 Å². The van der Waals surface area contributed by atoms with Gasteiger partial charge in [0, 0.05) is 24.1 Å². The number of hydrogen-bond acceptors (Lipinski definition) is 8. The number of aromatic nitrogens is 6. The fraction of sp³-hybridized carbons (Fsp3) is 0.0588. The number of anilines is 1. The Morgan fingerprint density at radius 1 is 1.22 bits per heavy atom. The fourth-order valence-electron chi connectivity index (χ4n) is 2.27. The molecule has 1 N–H and O–H groups in total. The highest BCUT2D eigenvalue weighted by Crippen LogP contribution is 2.23. The Kier molecular flexibility index (Phi) is 4.54. The molecular weight excluding hydrogens is 366 g/mol. The summed E-state index contributed by atoms with van der Waals surface area (Å²) in [5.74, 6) is 1.32. The van der Waals surface area contributed by atoms with Gasteiger partial charge in [-0.15, -0.1) is 5.10 Å². The molecule has 1 aromatic carbocycles. The monoisotopic (exact) mass is 379 g/mol. The van der Waals surface area contributed by atoms with E-state index in [1.54, 1.807) is 60.4 Å². The standard InChI is InChI=1S/C17H13N7O2S/c1-11-16(27-23-22-11)17(25)21-12-3-5-13(6-4-12)26-15-9-14(18-10-19-15)24-8-2-7-20-24/h2-10H,1H3,(H,21,25). The minimum atomic E-state index is -0.240. The van der Waals surface area contributed by atoms with Gasteiger partial charge in [-0.2, -0.15) is 5.10 Å². The van der Waals surface area contributed by atoms with E-state index >= 15 is 0 Å². The van der Waals surface area contributed by atoms with E-state index in [9.17, 15) is 4.79 Å². The lowest BCUT2D eigenvalue weighted by atomic mass is 10.3. The molecule has 3 aromatic heterocycles. The van der Waals surface area contributed by atoms with Crippen LogP contribution in [0.1, 0.15) is 15.4 Å². The van der Waals surface area contributed by atoms with Crippen LogP contribution in [-0.4, -0.2) is 35.2 Å². The summed E-state index contributed by atoms with van der Waals surface area (Å²) < 4.78 is 11.1. The van der Waals surface area contributed by atoms with Gasteiger partial charge in [-0.3, -0.25) is 4.79 Å². The third kappa shape index (κ3) is 3.80. The van der Waals surface area contributed by atoms with Gasteiger partial charge in [0.05, 0.1) is 5.69 Å².